The standard InChI is InChI=1S/C20H18O4/c1-2-14-10-17-16(19(21)13-6-4-3-5-7-13)8-9-18(20(17)24-14)23-12-15-11-22-15/h3-10,15H,2,11-12H2,1H3. The van der Waals surface area contributed by atoms with Crippen molar-refractivity contribution in [1.29, 1.82) is 0 Å². The van der Waals surface area contributed by atoms with Crippen LogP contribution in [-0.4, -0.2) is 25.1 Å². The van der Waals surface area contributed by atoms with Gasteiger partial charge in [0, 0.05) is 22.9 Å². The van der Waals surface area contributed by atoms with Crippen LogP contribution in [-0.2, 0) is 11.2 Å². The molecule has 4 rings (SSSR count). The third-order valence-corrected chi connectivity index (χ3v) is 4.15. The van der Waals surface area contributed by atoms with E-state index in [2.05, 4.69) is 0 Å². The molecule has 4 heteroatoms. The van der Waals surface area contributed by atoms with Crippen molar-refractivity contribution in [1.82, 2.24) is 0 Å². The molecule has 1 aromatic heterocycles. The molecule has 122 valence electrons. The van der Waals surface area contributed by atoms with E-state index in [1.807, 2.05) is 55.5 Å². The summed E-state index contributed by atoms with van der Waals surface area (Å²) < 4.78 is 16.9. The molecule has 2 aromatic carbocycles. The van der Waals surface area contributed by atoms with Gasteiger partial charge in [-0.15, -0.1) is 0 Å². The molecule has 4 nitrogen and oxygen atoms in total. The molecule has 0 radical (unpaired) electrons. The molecule has 1 aliphatic heterocycles. The lowest BCUT2D eigenvalue weighted by atomic mass is 9.99. The number of hydrogen-bond acceptors (Lipinski definition) is 4. The number of carbonyl (C=O) groups excluding carboxylic acids is 1. The number of ether oxygens (including phenoxy) is 2. The minimum atomic E-state index is -0.0128. The first kappa shape index (κ1) is 15.0. The van der Waals surface area contributed by atoms with E-state index >= 15 is 0 Å². The van der Waals surface area contributed by atoms with Crippen LogP contribution in [0.4, 0.5) is 0 Å². The van der Waals surface area contributed by atoms with E-state index < -0.39 is 0 Å². The van der Waals surface area contributed by atoms with Crippen molar-refractivity contribution in [3.63, 3.8) is 0 Å². The summed E-state index contributed by atoms with van der Waals surface area (Å²) in [6.07, 6.45) is 0.935. The highest BCUT2D eigenvalue weighted by atomic mass is 16.6. The van der Waals surface area contributed by atoms with Crippen LogP contribution in [0.2, 0.25) is 0 Å². The Morgan fingerprint density at radius 3 is 2.71 bits per heavy atom. The van der Waals surface area contributed by atoms with Crippen molar-refractivity contribution < 1.29 is 18.7 Å². The van der Waals surface area contributed by atoms with E-state index in [0.717, 1.165) is 24.2 Å². The van der Waals surface area contributed by atoms with Gasteiger partial charge in [-0.25, -0.2) is 0 Å². The molecule has 24 heavy (non-hydrogen) atoms. The van der Waals surface area contributed by atoms with E-state index in [0.29, 0.717) is 29.1 Å². The predicted octanol–water partition coefficient (Wildman–Crippen LogP) is 4.00. The Kier molecular flexibility index (Phi) is 3.82. The second kappa shape index (κ2) is 6.13. The summed E-state index contributed by atoms with van der Waals surface area (Å²) in [6.45, 7) is 3.27. The number of benzene rings is 2. The highest BCUT2D eigenvalue weighted by molar-refractivity contribution is 6.16. The molecule has 0 aliphatic carbocycles. The highest BCUT2D eigenvalue weighted by Crippen LogP contribution is 2.33. The second-order valence-corrected chi connectivity index (χ2v) is 5.88. The number of epoxide rings is 1. The van der Waals surface area contributed by atoms with Gasteiger partial charge >= 0.3 is 0 Å². The highest BCUT2D eigenvalue weighted by Gasteiger charge is 2.24. The maximum absolute atomic E-state index is 12.8. The molecule has 0 amide bonds. The monoisotopic (exact) mass is 322 g/mol. The number of hydrogen-bond donors (Lipinski definition) is 0. The molecule has 1 fully saturated rings. The first-order chi connectivity index (χ1) is 11.8. The Hall–Kier alpha value is -2.59. The molecular formula is C20H18O4. The summed E-state index contributed by atoms with van der Waals surface area (Å²) >= 11 is 0. The Labute approximate surface area is 140 Å². The fourth-order valence-corrected chi connectivity index (χ4v) is 2.73. The summed E-state index contributed by atoms with van der Waals surface area (Å²) in [5.74, 6) is 1.48. The van der Waals surface area contributed by atoms with E-state index in [-0.39, 0.29) is 11.9 Å². The van der Waals surface area contributed by atoms with Crippen molar-refractivity contribution in [3.8, 4) is 5.75 Å². The van der Waals surface area contributed by atoms with Gasteiger partial charge in [0.05, 0.1) is 6.61 Å². The summed E-state index contributed by atoms with van der Waals surface area (Å²) in [6, 6.07) is 14.8. The number of rotatable bonds is 6. The zero-order valence-corrected chi connectivity index (χ0v) is 13.5. The van der Waals surface area contributed by atoms with Gasteiger partial charge in [-0.05, 0) is 18.2 Å². The molecular weight excluding hydrogens is 304 g/mol. The van der Waals surface area contributed by atoms with Crippen molar-refractivity contribution >= 4 is 16.8 Å². The minimum absolute atomic E-state index is 0.0128. The molecule has 1 atom stereocenters. The van der Waals surface area contributed by atoms with Crippen molar-refractivity contribution in [2.24, 2.45) is 0 Å². The van der Waals surface area contributed by atoms with Gasteiger partial charge in [-0.3, -0.25) is 4.79 Å². The van der Waals surface area contributed by atoms with Crippen molar-refractivity contribution in [2.75, 3.05) is 13.2 Å². The molecule has 3 aromatic rings. The van der Waals surface area contributed by atoms with Gasteiger partial charge in [0.25, 0.3) is 0 Å². The number of aryl methyl sites for hydroxylation is 1. The molecule has 0 saturated carbocycles. The number of ketones is 1. The third-order valence-electron chi connectivity index (χ3n) is 4.15. The van der Waals surface area contributed by atoms with Crippen LogP contribution in [0.25, 0.3) is 11.0 Å². The maximum Gasteiger partial charge on any atom is 0.193 e. The van der Waals surface area contributed by atoms with E-state index in [4.69, 9.17) is 13.9 Å². The van der Waals surface area contributed by atoms with Crippen molar-refractivity contribution in [2.45, 2.75) is 19.4 Å². The topological polar surface area (TPSA) is 52.0 Å². The molecule has 1 unspecified atom stereocenters. The zero-order valence-electron chi connectivity index (χ0n) is 13.5. The third kappa shape index (κ3) is 2.81. The van der Waals surface area contributed by atoms with E-state index in [9.17, 15) is 4.79 Å². The molecule has 1 aliphatic rings. The summed E-state index contributed by atoms with van der Waals surface area (Å²) in [4.78, 5) is 12.8. The van der Waals surface area contributed by atoms with Crippen LogP contribution in [0.1, 0.15) is 28.6 Å². The van der Waals surface area contributed by atoms with Crippen LogP contribution in [0.3, 0.4) is 0 Å². The average Bonchev–Trinajstić information content (AvgIpc) is 3.35. The van der Waals surface area contributed by atoms with Crippen LogP contribution in [0.15, 0.2) is 52.9 Å². The fourth-order valence-electron chi connectivity index (χ4n) is 2.73. The molecule has 0 bridgehead atoms. The van der Waals surface area contributed by atoms with Gasteiger partial charge in [-0.1, -0.05) is 37.3 Å². The molecule has 2 heterocycles. The molecule has 0 spiro atoms. The lowest BCUT2D eigenvalue weighted by Gasteiger charge is -2.08. The van der Waals surface area contributed by atoms with Gasteiger partial charge in [0.1, 0.15) is 18.5 Å². The quantitative estimate of drug-likeness (QED) is 0.508. The summed E-state index contributed by atoms with van der Waals surface area (Å²) in [5.41, 5.74) is 1.93. The molecule has 1 saturated heterocycles. The average molecular weight is 322 g/mol. The Balaban J connectivity index is 1.76. The zero-order chi connectivity index (χ0) is 16.5. The second-order valence-electron chi connectivity index (χ2n) is 5.88. The Morgan fingerprint density at radius 2 is 2.00 bits per heavy atom. The Morgan fingerprint density at radius 1 is 1.21 bits per heavy atom. The summed E-state index contributed by atoms with van der Waals surface area (Å²) in [5, 5.41) is 0.801. The van der Waals surface area contributed by atoms with Crippen LogP contribution >= 0.6 is 0 Å². The number of furan rings is 1. The van der Waals surface area contributed by atoms with Crippen LogP contribution in [0.5, 0.6) is 5.75 Å². The number of fused-ring (bicyclic) bond motifs is 1. The first-order valence-electron chi connectivity index (χ1n) is 8.16. The normalized spacial score (nSPS) is 16.3. The molecule has 0 N–H and O–H groups in total. The van der Waals surface area contributed by atoms with E-state index in [1.165, 1.54) is 0 Å². The summed E-state index contributed by atoms with van der Waals surface area (Å²) in [7, 11) is 0. The van der Waals surface area contributed by atoms with Crippen molar-refractivity contribution in [3.05, 3.63) is 65.4 Å². The van der Waals surface area contributed by atoms with Gasteiger partial charge < -0.3 is 13.9 Å². The lowest BCUT2D eigenvalue weighted by Crippen LogP contribution is -2.05. The van der Waals surface area contributed by atoms with Gasteiger partial charge in [-0.2, -0.15) is 0 Å². The minimum Gasteiger partial charge on any atom is -0.487 e. The Bertz CT molecular complexity index is 875. The predicted molar refractivity (Wildman–Crippen MR) is 90.7 cm³/mol. The van der Waals surface area contributed by atoms with Crippen LogP contribution in [0, 0.1) is 0 Å². The SMILES string of the molecule is CCc1cc2c(C(=O)c3ccccc3)ccc(OCC3CO3)c2o1. The smallest absolute Gasteiger partial charge is 0.193 e. The first-order valence-corrected chi connectivity index (χ1v) is 8.16. The van der Waals surface area contributed by atoms with Crippen LogP contribution < -0.4 is 4.74 Å². The van der Waals surface area contributed by atoms with E-state index in [1.54, 1.807) is 0 Å². The lowest BCUT2D eigenvalue weighted by molar-refractivity contribution is 0.104. The largest absolute Gasteiger partial charge is 0.487 e. The van der Waals surface area contributed by atoms with Gasteiger partial charge in [0.15, 0.2) is 17.1 Å². The number of carbonyl (C=O) groups is 1. The van der Waals surface area contributed by atoms with Gasteiger partial charge in [0.2, 0.25) is 0 Å². The maximum atomic E-state index is 12.8. The fraction of sp³-hybridized carbons (Fsp3) is 0.250.